The SMILES string of the molecule is CCc1ccc(NC(=O)c2ccc(-c3cnc4ccc(-c5cnn(C(c6ccccc6)(c6ccccc6)c6ccccc6)c5)cn34)cc2F)nc1. The van der Waals surface area contributed by atoms with E-state index in [0.717, 1.165) is 39.8 Å². The summed E-state index contributed by atoms with van der Waals surface area (Å²) in [5.41, 5.74) is 7.27. The number of amides is 1. The van der Waals surface area contributed by atoms with Crippen LogP contribution in [-0.2, 0) is 12.0 Å². The van der Waals surface area contributed by atoms with Gasteiger partial charge in [0.15, 0.2) is 0 Å². The molecule has 0 radical (unpaired) electrons. The molecule has 1 amide bonds. The van der Waals surface area contributed by atoms with E-state index in [1.807, 2.05) is 64.8 Å². The summed E-state index contributed by atoms with van der Waals surface area (Å²) >= 11 is 0. The molecule has 0 aliphatic heterocycles. The highest BCUT2D eigenvalue weighted by atomic mass is 19.1. The molecule has 7 nitrogen and oxygen atoms in total. The van der Waals surface area contributed by atoms with Gasteiger partial charge in [0, 0.05) is 35.3 Å². The molecule has 0 saturated carbocycles. The van der Waals surface area contributed by atoms with Gasteiger partial charge in [-0.2, -0.15) is 5.10 Å². The third-order valence-electron chi connectivity index (χ3n) is 9.32. The summed E-state index contributed by atoms with van der Waals surface area (Å²) in [5, 5.41) is 7.71. The molecule has 4 aromatic heterocycles. The van der Waals surface area contributed by atoms with E-state index in [-0.39, 0.29) is 5.56 Å². The van der Waals surface area contributed by atoms with Crippen molar-refractivity contribution in [1.82, 2.24) is 24.1 Å². The van der Waals surface area contributed by atoms with E-state index in [4.69, 9.17) is 5.10 Å². The lowest BCUT2D eigenvalue weighted by Gasteiger charge is -2.36. The van der Waals surface area contributed by atoms with Crippen LogP contribution < -0.4 is 5.32 Å². The van der Waals surface area contributed by atoms with Gasteiger partial charge in [-0.25, -0.2) is 14.4 Å². The molecule has 1 N–H and O–H groups in total. The average Bonchev–Trinajstić information content (AvgIpc) is 3.85. The Morgan fingerprint density at radius 3 is 1.92 bits per heavy atom. The Labute approximate surface area is 294 Å². The Morgan fingerprint density at radius 2 is 1.33 bits per heavy atom. The van der Waals surface area contributed by atoms with Crippen LogP contribution in [0.4, 0.5) is 10.2 Å². The predicted octanol–water partition coefficient (Wildman–Crippen LogP) is 9.05. The number of nitrogens with zero attached hydrogens (tertiary/aromatic N) is 5. The maximum absolute atomic E-state index is 15.5. The van der Waals surface area contributed by atoms with Crippen LogP contribution in [0, 0.1) is 5.82 Å². The number of aryl methyl sites for hydroxylation is 1. The normalized spacial score (nSPS) is 11.5. The summed E-state index contributed by atoms with van der Waals surface area (Å²) in [5.74, 6) is -0.834. The van der Waals surface area contributed by atoms with E-state index in [0.29, 0.717) is 22.7 Å². The first kappa shape index (κ1) is 31.6. The Morgan fingerprint density at radius 1 is 0.686 bits per heavy atom. The van der Waals surface area contributed by atoms with E-state index in [9.17, 15) is 4.79 Å². The largest absolute Gasteiger partial charge is 0.306 e. The first-order chi connectivity index (χ1) is 25.0. The van der Waals surface area contributed by atoms with Crippen LogP contribution in [-0.4, -0.2) is 30.1 Å². The number of imidazole rings is 1. The summed E-state index contributed by atoms with van der Waals surface area (Å²) in [4.78, 5) is 21.8. The second-order valence-electron chi connectivity index (χ2n) is 12.3. The molecule has 4 aromatic carbocycles. The van der Waals surface area contributed by atoms with Gasteiger partial charge < -0.3 is 5.32 Å². The standard InChI is InChI=1S/C43H33FN6O/c1-2-30-18-22-40(45-25-30)48-42(51)37-21-19-31(24-38(37)44)39-27-46-41-23-20-32(28-49(39)41)33-26-47-50(29-33)43(34-12-6-3-7-13-34,35-14-8-4-9-15-35)36-16-10-5-11-17-36/h3-29H,2H2,1H3,(H,45,48,51). The molecule has 0 saturated heterocycles. The lowest BCUT2D eigenvalue weighted by atomic mass is 9.77. The number of fused-ring (bicyclic) bond motifs is 1. The second-order valence-corrected chi connectivity index (χ2v) is 12.3. The van der Waals surface area contributed by atoms with Gasteiger partial charge in [0.2, 0.25) is 0 Å². The molecule has 248 valence electrons. The molecular weight excluding hydrogens is 636 g/mol. The lowest BCUT2D eigenvalue weighted by Crippen LogP contribution is -2.38. The highest BCUT2D eigenvalue weighted by Crippen LogP contribution is 2.41. The smallest absolute Gasteiger partial charge is 0.259 e. The first-order valence-electron chi connectivity index (χ1n) is 16.8. The Balaban J connectivity index is 1.16. The zero-order valence-corrected chi connectivity index (χ0v) is 27.8. The fourth-order valence-electron chi connectivity index (χ4n) is 6.70. The highest BCUT2D eigenvalue weighted by molar-refractivity contribution is 6.04. The molecule has 0 bridgehead atoms. The highest BCUT2D eigenvalue weighted by Gasteiger charge is 2.39. The predicted molar refractivity (Wildman–Crippen MR) is 198 cm³/mol. The van der Waals surface area contributed by atoms with Gasteiger partial charge in [-0.1, -0.05) is 110 Å². The minimum atomic E-state index is -0.743. The third kappa shape index (κ3) is 5.76. The number of hydrogen-bond acceptors (Lipinski definition) is 4. The Kier molecular flexibility index (Phi) is 8.25. The molecule has 8 heteroatoms. The first-order valence-corrected chi connectivity index (χ1v) is 16.8. The van der Waals surface area contributed by atoms with Crippen LogP contribution in [0.15, 0.2) is 164 Å². The molecule has 0 unspecified atom stereocenters. The summed E-state index contributed by atoms with van der Waals surface area (Å²) < 4.78 is 19.4. The van der Waals surface area contributed by atoms with Crippen LogP contribution in [0.1, 0.15) is 39.5 Å². The van der Waals surface area contributed by atoms with E-state index < -0.39 is 17.3 Å². The van der Waals surface area contributed by atoms with Crippen molar-refractivity contribution in [3.63, 3.8) is 0 Å². The zero-order valence-electron chi connectivity index (χ0n) is 27.8. The molecule has 0 spiro atoms. The third-order valence-corrected chi connectivity index (χ3v) is 9.32. The minimum Gasteiger partial charge on any atom is -0.306 e. The van der Waals surface area contributed by atoms with E-state index in [2.05, 4.69) is 94.3 Å². The number of carbonyl (C=O) groups is 1. The quantitative estimate of drug-likeness (QED) is 0.156. The van der Waals surface area contributed by atoms with Crippen molar-refractivity contribution >= 4 is 17.4 Å². The van der Waals surface area contributed by atoms with Crippen LogP contribution in [0.3, 0.4) is 0 Å². The summed E-state index contributed by atoms with van der Waals surface area (Å²) in [7, 11) is 0. The van der Waals surface area contributed by atoms with Gasteiger partial charge in [-0.05, 0) is 59.0 Å². The van der Waals surface area contributed by atoms with E-state index >= 15 is 4.39 Å². The van der Waals surface area contributed by atoms with Crippen molar-refractivity contribution in [1.29, 1.82) is 0 Å². The number of rotatable bonds is 9. The Hall–Kier alpha value is -6.67. The van der Waals surface area contributed by atoms with Crippen LogP contribution in [0.25, 0.3) is 28.0 Å². The number of hydrogen-bond donors (Lipinski definition) is 1. The van der Waals surface area contributed by atoms with Gasteiger partial charge >= 0.3 is 0 Å². The molecule has 8 rings (SSSR count). The molecule has 4 heterocycles. The van der Waals surface area contributed by atoms with Crippen molar-refractivity contribution in [3.05, 3.63) is 198 Å². The van der Waals surface area contributed by atoms with Gasteiger partial charge in [-0.15, -0.1) is 0 Å². The van der Waals surface area contributed by atoms with Crippen LogP contribution in [0.5, 0.6) is 0 Å². The number of pyridine rings is 2. The lowest BCUT2D eigenvalue weighted by molar-refractivity contribution is 0.102. The molecule has 51 heavy (non-hydrogen) atoms. The molecule has 0 aliphatic carbocycles. The van der Waals surface area contributed by atoms with Crippen molar-refractivity contribution in [2.45, 2.75) is 18.9 Å². The fourth-order valence-corrected chi connectivity index (χ4v) is 6.70. The van der Waals surface area contributed by atoms with E-state index in [1.54, 1.807) is 24.5 Å². The van der Waals surface area contributed by atoms with E-state index in [1.165, 1.54) is 12.1 Å². The summed E-state index contributed by atoms with van der Waals surface area (Å²) in [6.45, 7) is 2.03. The van der Waals surface area contributed by atoms with Crippen LogP contribution in [0.2, 0.25) is 0 Å². The van der Waals surface area contributed by atoms with Gasteiger partial charge in [0.1, 0.15) is 22.8 Å². The maximum Gasteiger partial charge on any atom is 0.259 e. The van der Waals surface area contributed by atoms with Crippen molar-refractivity contribution in [3.8, 4) is 22.4 Å². The number of aromatic nitrogens is 5. The second kappa shape index (κ2) is 13.3. The summed E-state index contributed by atoms with van der Waals surface area (Å²) in [6, 6.07) is 43.4. The Bertz CT molecular complexity index is 2360. The van der Waals surface area contributed by atoms with Gasteiger partial charge in [-0.3, -0.25) is 13.9 Å². The zero-order chi connectivity index (χ0) is 34.8. The van der Waals surface area contributed by atoms with Gasteiger partial charge in [0.25, 0.3) is 5.91 Å². The molecular formula is C43H33FN6O. The number of halogens is 1. The van der Waals surface area contributed by atoms with Crippen molar-refractivity contribution < 1.29 is 9.18 Å². The molecule has 0 fully saturated rings. The maximum atomic E-state index is 15.5. The number of nitrogens with one attached hydrogen (secondary N) is 1. The van der Waals surface area contributed by atoms with Crippen LogP contribution >= 0.6 is 0 Å². The number of benzene rings is 4. The van der Waals surface area contributed by atoms with Gasteiger partial charge in [0.05, 0.1) is 23.7 Å². The van der Waals surface area contributed by atoms with Crippen molar-refractivity contribution in [2.24, 2.45) is 0 Å². The topological polar surface area (TPSA) is 77.1 Å². The number of anilines is 1. The summed E-state index contributed by atoms with van der Waals surface area (Å²) in [6.07, 6.45) is 10.2. The molecule has 0 aliphatic rings. The minimum absolute atomic E-state index is 0.0687. The average molecular weight is 669 g/mol. The fraction of sp³-hybridized carbons (Fsp3) is 0.0698. The van der Waals surface area contributed by atoms with Crippen molar-refractivity contribution in [2.75, 3.05) is 5.32 Å². The monoisotopic (exact) mass is 668 g/mol. The number of carbonyl (C=O) groups excluding carboxylic acids is 1. The molecule has 8 aromatic rings. The molecule has 0 atom stereocenters.